The van der Waals surface area contributed by atoms with Crippen molar-refractivity contribution in [2.75, 3.05) is 52.4 Å². The Morgan fingerprint density at radius 3 is 2.23 bits per heavy atom. The topological polar surface area (TPSA) is 68.0 Å². The van der Waals surface area contributed by atoms with E-state index in [0.717, 1.165) is 62.0 Å². The zero-order valence-electron chi connectivity index (χ0n) is 15.8. The summed E-state index contributed by atoms with van der Waals surface area (Å²) in [5.41, 5.74) is 7.16. The predicted octanol–water partition coefficient (Wildman–Crippen LogP) is 1.85. The molecule has 1 saturated heterocycles. The number of halogens is 1. The molecule has 0 bridgehead atoms. The zero-order valence-corrected chi connectivity index (χ0v) is 17.4. The molecule has 1 heterocycles. The molecule has 1 aromatic carbocycles. The minimum atomic E-state index is -0.373. The number of thioether (sulfide) groups is 1. The fourth-order valence-electron chi connectivity index (χ4n) is 2.95. The quantitative estimate of drug-likeness (QED) is 0.714. The Morgan fingerprint density at radius 2 is 1.73 bits per heavy atom. The van der Waals surface area contributed by atoms with Crippen molar-refractivity contribution in [3.8, 4) is 11.5 Å². The summed E-state index contributed by atoms with van der Waals surface area (Å²) in [6, 6.07) is 5.55. The molecule has 0 saturated carbocycles. The van der Waals surface area contributed by atoms with Crippen molar-refractivity contribution in [3.63, 3.8) is 0 Å². The highest BCUT2D eigenvalue weighted by Crippen LogP contribution is 2.23. The monoisotopic (exact) mass is 403 g/mol. The average Bonchev–Trinajstić information content (AvgIpc) is 2.65. The molecule has 1 aliphatic heterocycles. The Balaban J connectivity index is 0.00000338. The van der Waals surface area contributed by atoms with Crippen LogP contribution in [0.15, 0.2) is 18.2 Å². The van der Waals surface area contributed by atoms with Crippen LogP contribution in [0.25, 0.3) is 0 Å². The Kier molecular flexibility index (Phi) is 10.2. The van der Waals surface area contributed by atoms with Crippen LogP contribution in [-0.4, -0.2) is 74.2 Å². The zero-order chi connectivity index (χ0) is 18.2. The molecule has 0 unspecified atom stereocenters. The first-order valence-corrected chi connectivity index (χ1v) is 9.94. The highest BCUT2D eigenvalue weighted by atomic mass is 35.5. The molecule has 0 aliphatic carbocycles. The van der Waals surface area contributed by atoms with Crippen molar-refractivity contribution in [1.29, 1.82) is 0 Å². The van der Waals surface area contributed by atoms with Gasteiger partial charge >= 0.3 is 0 Å². The molecule has 1 amide bonds. The fraction of sp³-hybridized carbons (Fsp3) is 0.611. The molecule has 6 nitrogen and oxygen atoms in total. The van der Waals surface area contributed by atoms with Crippen LogP contribution in [0.2, 0.25) is 0 Å². The number of hydrogen-bond acceptors (Lipinski definition) is 6. The summed E-state index contributed by atoms with van der Waals surface area (Å²) in [6.45, 7) is 3.97. The molecule has 1 aromatic rings. The van der Waals surface area contributed by atoms with Crippen LogP contribution < -0.4 is 15.2 Å². The number of hydrogen-bond donors (Lipinski definition) is 1. The van der Waals surface area contributed by atoms with Crippen molar-refractivity contribution < 1.29 is 14.3 Å². The van der Waals surface area contributed by atoms with Crippen molar-refractivity contribution in [2.24, 2.45) is 5.73 Å². The Labute approximate surface area is 166 Å². The molecule has 26 heavy (non-hydrogen) atoms. The van der Waals surface area contributed by atoms with Crippen LogP contribution in [0.4, 0.5) is 0 Å². The number of carbonyl (C=O) groups excluding carboxylic acids is 1. The minimum absolute atomic E-state index is 0. The summed E-state index contributed by atoms with van der Waals surface area (Å²) < 4.78 is 10.7. The lowest BCUT2D eigenvalue weighted by molar-refractivity contribution is -0.134. The van der Waals surface area contributed by atoms with Gasteiger partial charge in [0.1, 0.15) is 11.5 Å². The number of carbonyl (C=O) groups is 1. The van der Waals surface area contributed by atoms with Gasteiger partial charge in [-0.1, -0.05) is 0 Å². The SMILES string of the molecule is COc1cc(CN2CCN(C(=O)[C@@H](N)CCSC)CC2)cc(OC)c1.Cl. The van der Waals surface area contributed by atoms with E-state index < -0.39 is 0 Å². The van der Waals surface area contributed by atoms with Crippen molar-refractivity contribution in [1.82, 2.24) is 9.80 Å². The van der Waals surface area contributed by atoms with Crippen LogP contribution in [0.3, 0.4) is 0 Å². The largest absolute Gasteiger partial charge is 0.497 e. The van der Waals surface area contributed by atoms with E-state index in [1.165, 1.54) is 0 Å². The molecule has 1 atom stereocenters. The fourth-order valence-corrected chi connectivity index (χ4v) is 3.43. The van der Waals surface area contributed by atoms with Crippen molar-refractivity contribution >= 4 is 30.1 Å². The second-order valence-corrected chi connectivity index (χ2v) is 7.20. The van der Waals surface area contributed by atoms with E-state index in [2.05, 4.69) is 4.90 Å². The van der Waals surface area contributed by atoms with Gasteiger partial charge < -0.3 is 20.1 Å². The predicted molar refractivity (Wildman–Crippen MR) is 110 cm³/mol. The number of nitrogens with two attached hydrogens (primary N) is 1. The van der Waals surface area contributed by atoms with Crippen LogP contribution in [0.5, 0.6) is 11.5 Å². The average molecular weight is 404 g/mol. The van der Waals surface area contributed by atoms with E-state index in [9.17, 15) is 4.79 Å². The molecular weight excluding hydrogens is 374 g/mol. The van der Waals surface area contributed by atoms with Crippen molar-refractivity contribution in [2.45, 2.75) is 19.0 Å². The van der Waals surface area contributed by atoms with E-state index in [1.807, 2.05) is 29.4 Å². The Bertz CT molecular complexity index is 546. The molecular formula is C18H30ClN3O3S. The summed E-state index contributed by atoms with van der Waals surface area (Å²) in [5, 5.41) is 0. The number of ether oxygens (including phenoxy) is 2. The summed E-state index contributed by atoms with van der Waals surface area (Å²) in [7, 11) is 3.31. The maximum Gasteiger partial charge on any atom is 0.239 e. The number of nitrogens with zero attached hydrogens (tertiary/aromatic N) is 2. The summed E-state index contributed by atoms with van der Waals surface area (Å²) in [6.07, 6.45) is 2.77. The Hall–Kier alpha value is -1.15. The van der Waals surface area contributed by atoms with E-state index in [-0.39, 0.29) is 24.4 Å². The second kappa shape index (κ2) is 11.5. The van der Waals surface area contributed by atoms with Gasteiger partial charge in [-0.3, -0.25) is 9.69 Å². The third kappa shape index (κ3) is 6.54. The van der Waals surface area contributed by atoms with E-state index in [1.54, 1.807) is 26.0 Å². The maximum atomic E-state index is 12.4. The highest BCUT2D eigenvalue weighted by molar-refractivity contribution is 7.98. The molecule has 2 rings (SSSR count). The van der Waals surface area contributed by atoms with Crippen LogP contribution >= 0.6 is 24.2 Å². The molecule has 0 radical (unpaired) electrons. The third-order valence-corrected chi connectivity index (χ3v) is 5.10. The second-order valence-electron chi connectivity index (χ2n) is 6.21. The third-order valence-electron chi connectivity index (χ3n) is 4.45. The minimum Gasteiger partial charge on any atom is -0.497 e. The molecule has 0 aromatic heterocycles. The highest BCUT2D eigenvalue weighted by Gasteiger charge is 2.25. The number of methoxy groups -OCH3 is 2. The van der Waals surface area contributed by atoms with Gasteiger partial charge in [0.15, 0.2) is 0 Å². The van der Waals surface area contributed by atoms with Gasteiger partial charge in [0.2, 0.25) is 5.91 Å². The van der Waals surface area contributed by atoms with Gasteiger partial charge in [-0.05, 0) is 36.1 Å². The number of benzene rings is 1. The number of rotatable bonds is 8. The standard InChI is InChI=1S/C18H29N3O3S.ClH/c1-23-15-10-14(11-16(12-15)24-2)13-20-5-7-21(8-6-20)18(22)17(19)4-9-25-3;/h10-12,17H,4-9,13,19H2,1-3H3;1H/t17-;/m0./s1. The normalized spacial score (nSPS) is 15.9. The summed E-state index contributed by atoms with van der Waals surface area (Å²) >= 11 is 1.72. The van der Waals surface area contributed by atoms with Gasteiger partial charge in [-0.25, -0.2) is 0 Å². The lowest BCUT2D eigenvalue weighted by Crippen LogP contribution is -2.53. The van der Waals surface area contributed by atoms with Gasteiger partial charge in [0, 0.05) is 38.8 Å². The van der Waals surface area contributed by atoms with E-state index >= 15 is 0 Å². The van der Waals surface area contributed by atoms with Gasteiger partial charge in [-0.15, -0.1) is 12.4 Å². The van der Waals surface area contributed by atoms with Gasteiger partial charge in [0.05, 0.1) is 20.3 Å². The van der Waals surface area contributed by atoms with Gasteiger partial charge in [-0.2, -0.15) is 11.8 Å². The van der Waals surface area contributed by atoms with Gasteiger partial charge in [0.25, 0.3) is 0 Å². The first-order valence-electron chi connectivity index (χ1n) is 8.55. The van der Waals surface area contributed by atoms with E-state index in [4.69, 9.17) is 15.2 Å². The molecule has 1 aliphatic rings. The molecule has 8 heteroatoms. The smallest absolute Gasteiger partial charge is 0.239 e. The number of amides is 1. The van der Waals surface area contributed by atoms with Crippen LogP contribution in [-0.2, 0) is 11.3 Å². The molecule has 1 fully saturated rings. The van der Waals surface area contributed by atoms with E-state index in [0.29, 0.717) is 0 Å². The maximum absolute atomic E-state index is 12.4. The first-order chi connectivity index (χ1) is 12.1. The lowest BCUT2D eigenvalue weighted by atomic mass is 10.1. The molecule has 2 N–H and O–H groups in total. The first kappa shape index (κ1) is 22.9. The Morgan fingerprint density at radius 1 is 1.15 bits per heavy atom. The summed E-state index contributed by atoms with van der Waals surface area (Å²) in [4.78, 5) is 16.6. The number of piperazine rings is 1. The molecule has 148 valence electrons. The van der Waals surface area contributed by atoms with Crippen LogP contribution in [0.1, 0.15) is 12.0 Å². The van der Waals surface area contributed by atoms with Crippen molar-refractivity contribution in [3.05, 3.63) is 23.8 Å². The molecule has 0 spiro atoms. The lowest BCUT2D eigenvalue weighted by Gasteiger charge is -2.36. The van der Waals surface area contributed by atoms with Crippen LogP contribution in [0, 0.1) is 0 Å². The summed E-state index contributed by atoms with van der Waals surface area (Å²) in [5.74, 6) is 2.59.